The molecule has 0 unspecified atom stereocenters. The molecule has 3 heterocycles. The van der Waals surface area contributed by atoms with E-state index in [1.807, 2.05) is 12.1 Å². The quantitative estimate of drug-likeness (QED) is 0.270. The van der Waals surface area contributed by atoms with Gasteiger partial charge in [-0.15, -0.1) is 0 Å². The molecule has 0 aliphatic rings. The van der Waals surface area contributed by atoms with Crippen molar-refractivity contribution in [2.75, 3.05) is 10.6 Å². The Bertz CT molecular complexity index is 1670. The average molecular weight is 492 g/mol. The van der Waals surface area contributed by atoms with Gasteiger partial charge in [0.25, 0.3) is 5.91 Å². The minimum atomic E-state index is -0.762. The molecule has 1 amide bonds. The number of nitrogens with one attached hydrogen (secondary N) is 3. The molecule has 5 rings (SSSR count). The summed E-state index contributed by atoms with van der Waals surface area (Å²) in [4.78, 5) is 29.1. The Morgan fingerprint density at radius 2 is 1.92 bits per heavy atom. The van der Waals surface area contributed by atoms with Crippen LogP contribution in [0.4, 0.5) is 21.6 Å². The molecular weight excluding hydrogens is 469 g/mol. The molecule has 182 valence electrons. The van der Waals surface area contributed by atoms with E-state index in [-0.39, 0.29) is 5.69 Å². The van der Waals surface area contributed by atoms with E-state index in [4.69, 9.17) is 0 Å². The molecule has 0 aliphatic heterocycles. The molecule has 8 nitrogen and oxygen atoms in total. The van der Waals surface area contributed by atoms with Gasteiger partial charge in [-0.3, -0.25) is 4.79 Å². The number of nitrogens with zero attached hydrogens (tertiary/aromatic N) is 4. The molecule has 0 fully saturated rings. The van der Waals surface area contributed by atoms with Crippen LogP contribution in [0, 0.1) is 17.1 Å². The zero-order valence-corrected chi connectivity index (χ0v) is 20.1. The topological polar surface area (TPSA) is 119 Å². The van der Waals surface area contributed by atoms with Gasteiger partial charge >= 0.3 is 0 Å². The third-order valence-corrected chi connectivity index (χ3v) is 6.02. The summed E-state index contributed by atoms with van der Waals surface area (Å²) in [5, 5.41) is 16.1. The molecule has 0 bridgehead atoms. The molecule has 9 heteroatoms. The molecule has 2 aromatic carbocycles. The molecule has 37 heavy (non-hydrogen) atoms. The van der Waals surface area contributed by atoms with Gasteiger partial charge in [-0.05, 0) is 67.9 Å². The van der Waals surface area contributed by atoms with Crippen LogP contribution < -0.4 is 10.6 Å². The molecular formula is C28H22FN7O. The van der Waals surface area contributed by atoms with Crippen LogP contribution >= 0.6 is 0 Å². The largest absolute Gasteiger partial charge is 0.346 e. The monoisotopic (exact) mass is 491 g/mol. The Hall–Kier alpha value is -5.10. The molecule has 3 aromatic heterocycles. The van der Waals surface area contributed by atoms with Crippen LogP contribution in [-0.4, -0.2) is 25.8 Å². The molecule has 5 aromatic rings. The number of carbonyl (C=O) groups excluding carboxylic acids is 1. The lowest BCUT2D eigenvalue weighted by atomic mass is 9.85. The number of halogens is 1. The van der Waals surface area contributed by atoms with Gasteiger partial charge in [0.05, 0.1) is 22.9 Å². The fourth-order valence-electron chi connectivity index (χ4n) is 3.93. The van der Waals surface area contributed by atoms with E-state index in [9.17, 15) is 14.4 Å². The van der Waals surface area contributed by atoms with Crippen LogP contribution in [0.15, 0.2) is 79.4 Å². The lowest BCUT2D eigenvalue weighted by Gasteiger charge is -2.17. The predicted molar refractivity (Wildman–Crippen MR) is 140 cm³/mol. The van der Waals surface area contributed by atoms with Crippen LogP contribution in [0.5, 0.6) is 0 Å². The van der Waals surface area contributed by atoms with Gasteiger partial charge in [-0.2, -0.15) is 5.26 Å². The number of hydrogen-bond donors (Lipinski definition) is 3. The Kier molecular flexibility index (Phi) is 6.07. The maximum atomic E-state index is 14.7. The summed E-state index contributed by atoms with van der Waals surface area (Å²) in [6.07, 6.45) is 4.91. The number of rotatable bonds is 6. The highest BCUT2D eigenvalue weighted by Gasteiger charge is 2.21. The first-order valence-electron chi connectivity index (χ1n) is 11.5. The highest BCUT2D eigenvalue weighted by atomic mass is 19.1. The third-order valence-electron chi connectivity index (χ3n) is 6.02. The van der Waals surface area contributed by atoms with Gasteiger partial charge in [-0.1, -0.05) is 12.1 Å². The Labute approximate surface area is 212 Å². The summed E-state index contributed by atoms with van der Waals surface area (Å²) in [6, 6.07) is 18.9. The van der Waals surface area contributed by atoms with Crippen molar-refractivity contribution in [1.82, 2.24) is 19.9 Å². The number of hydrogen-bond acceptors (Lipinski definition) is 6. The fourth-order valence-corrected chi connectivity index (χ4v) is 3.93. The zero-order chi connectivity index (χ0) is 26.0. The smallest absolute Gasteiger partial charge is 0.255 e. The maximum Gasteiger partial charge on any atom is 0.255 e. The van der Waals surface area contributed by atoms with Gasteiger partial charge in [0, 0.05) is 34.6 Å². The number of H-pyrrole nitrogens is 1. The van der Waals surface area contributed by atoms with Crippen molar-refractivity contribution in [3.8, 4) is 17.3 Å². The molecule has 3 N–H and O–H groups in total. The summed E-state index contributed by atoms with van der Waals surface area (Å²) in [5.41, 5.74) is 2.92. The molecule has 0 atom stereocenters. The van der Waals surface area contributed by atoms with Gasteiger partial charge < -0.3 is 15.6 Å². The number of aromatic nitrogens is 4. The maximum absolute atomic E-state index is 14.7. The van der Waals surface area contributed by atoms with E-state index in [0.29, 0.717) is 34.0 Å². The summed E-state index contributed by atoms with van der Waals surface area (Å²) in [5.74, 6) is -0.557. The van der Waals surface area contributed by atoms with Gasteiger partial charge in [0.1, 0.15) is 23.6 Å². The van der Waals surface area contributed by atoms with E-state index in [0.717, 1.165) is 10.9 Å². The van der Waals surface area contributed by atoms with Crippen LogP contribution in [0.2, 0.25) is 0 Å². The predicted octanol–water partition coefficient (Wildman–Crippen LogP) is 5.96. The van der Waals surface area contributed by atoms with E-state index >= 15 is 0 Å². The molecule has 0 saturated heterocycles. The van der Waals surface area contributed by atoms with E-state index in [1.54, 1.807) is 62.6 Å². The minimum Gasteiger partial charge on any atom is -0.346 e. The number of fused-ring (bicyclic) bond motifs is 1. The highest BCUT2D eigenvalue weighted by Crippen LogP contribution is 2.32. The van der Waals surface area contributed by atoms with E-state index in [1.165, 1.54) is 18.5 Å². The first-order chi connectivity index (χ1) is 17.9. The van der Waals surface area contributed by atoms with Crippen molar-refractivity contribution in [2.45, 2.75) is 19.3 Å². The van der Waals surface area contributed by atoms with Gasteiger partial charge in [0.15, 0.2) is 0 Å². The van der Waals surface area contributed by atoms with Crippen LogP contribution in [-0.2, 0) is 5.41 Å². The third kappa shape index (κ3) is 4.73. The highest BCUT2D eigenvalue weighted by molar-refractivity contribution is 6.04. The molecule has 0 aliphatic carbocycles. The summed E-state index contributed by atoms with van der Waals surface area (Å²) in [6.45, 7) is 3.54. The fraction of sp³-hybridized carbons (Fsp3) is 0.107. The number of amides is 1. The molecule has 0 saturated carbocycles. The second kappa shape index (κ2) is 9.51. The van der Waals surface area contributed by atoms with Gasteiger partial charge in [-0.25, -0.2) is 19.3 Å². The lowest BCUT2D eigenvalue weighted by Crippen LogP contribution is -2.17. The van der Waals surface area contributed by atoms with Crippen LogP contribution in [0.25, 0.3) is 22.3 Å². The molecule has 0 spiro atoms. The lowest BCUT2D eigenvalue weighted by molar-refractivity contribution is 0.102. The second-order valence-electron chi connectivity index (χ2n) is 8.95. The van der Waals surface area contributed by atoms with Gasteiger partial charge in [0.2, 0.25) is 0 Å². The SMILES string of the molecule is CC(C)(C#N)c1cccc(C(=O)Nc2cc(Nc3ncccc3-c3ncnc4[nH]ccc34)ccc2F)c1. The first kappa shape index (κ1) is 23.6. The summed E-state index contributed by atoms with van der Waals surface area (Å²) < 4.78 is 14.7. The first-order valence-corrected chi connectivity index (χ1v) is 11.5. The standard InChI is InChI=1S/C28H22FN7O/c1-28(2,15-30)18-6-3-5-17(13-18)27(37)36-23-14-19(8-9-22(23)29)35-26-20(7-4-11-31-26)24-21-10-12-32-25(21)34-16-33-24/h3-14,16H,1-2H3,(H,31,35)(H,36,37)(H,32,33,34). The normalized spacial score (nSPS) is 11.2. The van der Waals surface area contributed by atoms with Crippen molar-refractivity contribution in [3.05, 3.63) is 96.3 Å². The van der Waals surface area contributed by atoms with Crippen molar-refractivity contribution in [2.24, 2.45) is 0 Å². The summed E-state index contributed by atoms with van der Waals surface area (Å²) in [7, 11) is 0. The Balaban J connectivity index is 1.43. The van der Waals surface area contributed by atoms with E-state index < -0.39 is 17.1 Å². The number of nitriles is 1. The van der Waals surface area contributed by atoms with Crippen molar-refractivity contribution < 1.29 is 9.18 Å². The zero-order valence-electron chi connectivity index (χ0n) is 20.1. The Morgan fingerprint density at radius 1 is 1.05 bits per heavy atom. The number of anilines is 3. The number of pyridine rings is 1. The average Bonchev–Trinajstić information content (AvgIpc) is 3.40. The van der Waals surface area contributed by atoms with Crippen LogP contribution in [0.1, 0.15) is 29.8 Å². The Morgan fingerprint density at radius 3 is 2.76 bits per heavy atom. The van der Waals surface area contributed by atoms with Crippen molar-refractivity contribution in [3.63, 3.8) is 0 Å². The number of benzene rings is 2. The minimum absolute atomic E-state index is 0.00693. The van der Waals surface area contributed by atoms with Crippen molar-refractivity contribution >= 4 is 34.1 Å². The van der Waals surface area contributed by atoms with E-state index in [2.05, 4.69) is 36.6 Å². The summed E-state index contributed by atoms with van der Waals surface area (Å²) >= 11 is 0. The number of aromatic amines is 1. The number of carbonyl (C=O) groups is 1. The molecule has 0 radical (unpaired) electrons. The van der Waals surface area contributed by atoms with Crippen molar-refractivity contribution in [1.29, 1.82) is 5.26 Å². The second-order valence-corrected chi connectivity index (χ2v) is 8.95. The van der Waals surface area contributed by atoms with Crippen LogP contribution in [0.3, 0.4) is 0 Å².